The summed E-state index contributed by atoms with van der Waals surface area (Å²) in [4.78, 5) is 10.5. The van der Waals surface area contributed by atoms with E-state index >= 15 is 0 Å². The number of amides is 1. The van der Waals surface area contributed by atoms with Crippen molar-refractivity contribution in [3.05, 3.63) is 0 Å². The van der Waals surface area contributed by atoms with Gasteiger partial charge in [-0.25, -0.2) is 0 Å². The van der Waals surface area contributed by atoms with Gasteiger partial charge in [0, 0.05) is 6.42 Å². The number of carbonyl (C=O) groups is 1. The van der Waals surface area contributed by atoms with E-state index in [-0.39, 0.29) is 5.91 Å². The van der Waals surface area contributed by atoms with Crippen LogP contribution in [0.2, 0.25) is 0 Å². The zero-order valence-corrected chi connectivity index (χ0v) is 5.90. The van der Waals surface area contributed by atoms with E-state index < -0.39 is 6.29 Å². The Labute approximate surface area is 59.4 Å². The molecule has 0 aromatic carbocycles. The summed E-state index contributed by atoms with van der Waals surface area (Å²) in [5.74, 6) is 0.346. The van der Waals surface area contributed by atoms with Crippen molar-refractivity contribution in [2.24, 2.45) is 11.5 Å². The fourth-order valence-electron chi connectivity index (χ4n) is 0.360. The van der Waals surface area contributed by atoms with Crippen LogP contribution in [0.4, 0.5) is 0 Å². The quantitative estimate of drug-likeness (QED) is 0.295. The van der Waals surface area contributed by atoms with Gasteiger partial charge in [-0.05, 0) is 5.75 Å². The van der Waals surface area contributed by atoms with Crippen molar-refractivity contribution in [3.63, 3.8) is 0 Å². The summed E-state index contributed by atoms with van der Waals surface area (Å²) in [7, 11) is 0. The molecular formula is C4H11N3OS. The van der Waals surface area contributed by atoms with Gasteiger partial charge in [-0.3, -0.25) is 16.3 Å². The second kappa shape index (κ2) is 4.60. The summed E-state index contributed by atoms with van der Waals surface area (Å²) in [6.07, 6.45) is -0.397. The third-order valence-electron chi connectivity index (χ3n) is 0.667. The van der Waals surface area contributed by atoms with Crippen molar-refractivity contribution in [2.45, 2.75) is 12.7 Å². The molecule has 0 unspecified atom stereocenters. The van der Waals surface area contributed by atoms with Crippen molar-refractivity contribution in [2.75, 3.05) is 5.75 Å². The highest BCUT2D eigenvalue weighted by molar-refractivity contribution is 7.80. The molecule has 0 aliphatic heterocycles. The number of hydrogen-bond acceptors (Lipinski definition) is 4. The zero-order chi connectivity index (χ0) is 7.28. The Morgan fingerprint density at radius 3 is 2.56 bits per heavy atom. The summed E-state index contributed by atoms with van der Waals surface area (Å²) in [5.41, 5.74) is 10.1. The van der Waals surface area contributed by atoms with Crippen LogP contribution in [0.15, 0.2) is 0 Å². The van der Waals surface area contributed by atoms with E-state index in [1.165, 1.54) is 0 Å². The third kappa shape index (κ3) is 5.61. The zero-order valence-electron chi connectivity index (χ0n) is 5.00. The molecule has 0 atom stereocenters. The lowest BCUT2D eigenvalue weighted by molar-refractivity contribution is -0.121. The van der Waals surface area contributed by atoms with Crippen LogP contribution in [-0.4, -0.2) is 17.9 Å². The molecule has 0 aromatic rings. The lowest BCUT2D eigenvalue weighted by Crippen LogP contribution is -2.48. The van der Waals surface area contributed by atoms with Gasteiger partial charge in [-0.15, -0.1) is 0 Å². The highest BCUT2D eigenvalue weighted by atomic mass is 32.1. The Balaban J connectivity index is 3.27. The van der Waals surface area contributed by atoms with Crippen LogP contribution in [0.3, 0.4) is 0 Å². The van der Waals surface area contributed by atoms with Gasteiger partial charge in [0.1, 0.15) is 6.29 Å². The van der Waals surface area contributed by atoms with Gasteiger partial charge < -0.3 is 5.32 Å². The molecule has 0 saturated heterocycles. The molecule has 1 amide bonds. The Morgan fingerprint density at radius 2 is 2.22 bits per heavy atom. The van der Waals surface area contributed by atoms with Gasteiger partial charge in [-0.2, -0.15) is 12.6 Å². The molecule has 0 radical (unpaired) electrons. The Hall–Kier alpha value is -0.260. The van der Waals surface area contributed by atoms with Gasteiger partial charge in [-0.1, -0.05) is 0 Å². The summed E-state index contributed by atoms with van der Waals surface area (Å²) in [6.45, 7) is 0. The maximum atomic E-state index is 10.5. The molecule has 5 heteroatoms. The molecule has 0 saturated carbocycles. The lowest BCUT2D eigenvalue weighted by Gasteiger charge is -2.05. The monoisotopic (exact) mass is 149 g/mol. The molecular weight excluding hydrogens is 138 g/mol. The largest absolute Gasteiger partial charge is 0.328 e. The van der Waals surface area contributed by atoms with E-state index in [0.717, 1.165) is 0 Å². The first kappa shape index (κ1) is 8.74. The first-order valence-corrected chi connectivity index (χ1v) is 3.21. The lowest BCUT2D eigenvalue weighted by atomic mass is 10.4. The number of hydrogen-bond donors (Lipinski definition) is 4. The average molecular weight is 149 g/mol. The fourth-order valence-corrected chi connectivity index (χ4v) is 0.563. The molecule has 0 bridgehead atoms. The SMILES string of the molecule is NC(N)NC(=O)CCS. The minimum Gasteiger partial charge on any atom is -0.328 e. The Kier molecular flexibility index (Phi) is 4.47. The maximum Gasteiger partial charge on any atom is 0.223 e. The minimum absolute atomic E-state index is 0.167. The normalized spacial score (nSPS) is 9.78. The van der Waals surface area contributed by atoms with E-state index in [2.05, 4.69) is 17.9 Å². The van der Waals surface area contributed by atoms with Crippen molar-refractivity contribution in [3.8, 4) is 0 Å². The molecule has 4 nitrogen and oxygen atoms in total. The molecule has 0 heterocycles. The van der Waals surface area contributed by atoms with E-state index in [4.69, 9.17) is 11.5 Å². The molecule has 0 aliphatic carbocycles. The van der Waals surface area contributed by atoms with Crippen molar-refractivity contribution < 1.29 is 4.79 Å². The minimum atomic E-state index is -0.752. The van der Waals surface area contributed by atoms with Crippen LogP contribution in [0.5, 0.6) is 0 Å². The second-order valence-electron chi connectivity index (χ2n) is 1.57. The standard InChI is InChI=1S/C4H11N3OS/c5-4(6)7-3(8)1-2-9/h4,9H,1-2,5-6H2,(H,7,8). The highest BCUT2D eigenvalue weighted by Crippen LogP contribution is 1.81. The molecule has 54 valence electrons. The predicted molar refractivity (Wildman–Crippen MR) is 38.8 cm³/mol. The molecule has 5 N–H and O–H groups in total. The van der Waals surface area contributed by atoms with Crippen LogP contribution >= 0.6 is 12.6 Å². The number of carbonyl (C=O) groups excluding carboxylic acids is 1. The molecule has 9 heavy (non-hydrogen) atoms. The van der Waals surface area contributed by atoms with E-state index in [1.807, 2.05) is 0 Å². The number of rotatable bonds is 3. The smallest absolute Gasteiger partial charge is 0.223 e. The first-order chi connectivity index (χ1) is 4.16. The van der Waals surface area contributed by atoms with Gasteiger partial charge in [0.25, 0.3) is 0 Å². The van der Waals surface area contributed by atoms with Gasteiger partial charge in [0.05, 0.1) is 0 Å². The topological polar surface area (TPSA) is 81.1 Å². The van der Waals surface area contributed by atoms with Gasteiger partial charge >= 0.3 is 0 Å². The first-order valence-electron chi connectivity index (χ1n) is 2.58. The van der Waals surface area contributed by atoms with Crippen LogP contribution in [-0.2, 0) is 4.79 Å². The van der Waals surface area contributed by atoms with E-state index in [9.17, 15) is 4.79 Å². The van der Waals surface area contributed by atoms with Crippen molar-refractivity contribution >= 4 is 18.5 Å². The summed E-state index contributed by atoms with van der Waals surface area (Å²) >= 11 is 3.84. The molecule has 0 fully saturated rings. The van der Waals surface area contributed by atoms with Gasteiger partial charge in [0.15, 0.2) is 0 Å². The van der Waals surface area contributed by atoms with Crippen molar-refractivity contribution in [1.29, 1.82) is 0 Å². The van der Waals surface area contributed by atoms with Crippen LogP contribution < -0.4 is 16.8 Å². The molecule has 0 aromatic heterocycles. The summed E-state index contributed by atoms with van der Waals surface area (Å²) in [5, 5.41) is 2.31. The van der Waals surface area contributed by atoms with E-state index in [1.54, 1.807) is 0 Å². The molecule has 0 aliphatic rings. The maximum absolute atomic E-state index is 10.5. The third-order valence-corrected chi connectivity index (χ3v) is 0.890. The van der Waals surface area contributed by atoms with E-state index in [0.29, 0.717) is 12.2 Å². The second-order valence-corrected chi connectivity index (χ2v) is 2.01. The predicted octanol–water partition coefficient (Wildman–Crippen LogP) is -1.38. The van der Waals surface area contributed by atoms with Crippen LogP contribution in [0.1, 0.15) is 6.42 Å². The molecule has 0 spiro atoms. The Bertz CT molecular complexity index is 95.8. The Morgan fingerprint density at radius 1 is 1.67 bits per heavy atom. The van der Waals surface area contributed by atoms with Gasteiger partial charge in [0.2, 0.25) is 5.91 Å². The fraction of sp³-hybridized carbons (Fsp3) is 0.750. The van der Waals surface area contributed by atoms with Crippen molar-refractivity contribution in [1.82, 2.24) is 5.32 Å². The average Bonchev–Trinajstić information content (AvgIpc) is 1.63. The molecule has 0 rings (SSSR count). The number of thiol groups is 1. The van der Waals surface area contributed by atoms with Crippen LogP contribution in [0.25, 0.3) is 0 Å². The highest BCUT2D eigenvalue weighted by Gasteiger charge is 1.99. The number of nitrogens with one attached hydrogen (secondary N) is 1. The summed E-state index contributed by atoms with van der Waals surface area (Å²) in [6, 6.07) is 0. The van der Waals surface area contributed by atoms with Crippen LogP contribution in [0, 0.1) is 0 Å². The number of nitrogens with two attached hydrogens (primary N) is 2. The summed E-state index contributed by atoms with van der Waals surface area (Å²) < 4.78 is 0.